The summed E-state index contributed by atoms with van der Waals surface area (Å²) in [6.45, 7) is 2.04. The highest BCUT2D eigenvalue weighted by Gasteiger charge is 2.17. The van der Waals surface area contributed by atoms with Gasteiger partial charge in [-0.3, -0.25) is 0 Å². The van der Waals surface area contributed by atoms with E-state index in [1.165, 1.54) is 60.1 Å². The standard InChI is InChI=1S/C43H31N3/c1-2-3-4-14-30-29-44(39-21-9-5-17-34(30)39)31-25-26-38-37-20-8-12-24-42(37)46(43(38)28-31)33-16-13-15-32(27-33)45-40-22-10-6-18-35(40)36-19-7-11-23-41(36)45/h2-29H,1H3/b3-2-,14-4-. The Labute approximate surface area is 267 Å². The lowest BCUT2D eigenvalue weighted by Crippen LogP contribution is -1.99. The number of fused-ring (bicyclic) bond motifs is 7. The normalized spacial score (nSPS) is 12.3. The van der Waals surface area contributed by atoms with Crippen molar-refractivity contribution in [2.24, 2.45) is 0 Å². The number of nitrogens with zero attached hydrogens (tertiary/aromatic N) is 3. The van der Waals surface area contributed by atoms with Crippen molar-refractivity contribution in [1.29, 1.82) is 0 Å². The molecule has 0 amide bonds. The van der Waals surface area contributed by atoms with Gasteiger partial charge in [0.15, 0.2) is 0 Å². The number of para-hydroxylation sites is 4. The van der Waals surface area contributed by atoms with E-state index < -0.39 is 0 Å². The quantitative estimate of drug-likeness (QED) is 0.177. The summed E-state index contributed by atoms with van der Waals surface area (Å²) in [6, 6.07) is 50.6. The number of benzene rings is 6. The second-order valence-corrected chi connectivity index (χ2v) is 11.8. The molecular formula is C43H31N3. The fraction of sp³-hybridized carbons (Fsp3) is 0.0233. The van der Waals surface area contributed by atoms with Crippen LogP contribution in [0.25, 0.3) is 77.7 Å². The molecule has 0 N–H and O–H groups in total. The van der Waals surface area contributed by atoms with E-state index in [1.54, 1.807) is 0 Å². The first kappa shape index (κ1) is 26.4. The molecule has 9 rings (SSSR count). The van der Waals surface area contributed by atoms with Crippen LogP contribution in [0, 0.1) is 0 Å². The van der Waals surface area contributed by atoms with Crippen molar-refractivity contribution < 1.29 is 0 Å². The van der Waals surface area contributed by atoms with Crippen LogP contribution in [-0.4, -0.2) is 13.7 Å². The maximum Gasteiger partial charge on any atom is 0.0561 e. The van der Waals surface area contributed by atoms with E-state index in [4.69, 9.17) is 0 Å². The molecule has 3 heterocycles. The highest BCUT2D eigenvalue weighted by atomic mass is 15.0. The number of allylic oxidation sites excluding steroid dienone is 3. The Hall–Kier alpha value is -6.06. The summed E-state index contributed by atoms with van der Waals surface area (Å²) in [7, 11) is 0. The van der Waals surface area contributed by atoms with Crippen molar-refractivity contribution in [3.63, 3.8) is 0 Å². The van der Waals surface area contributed by atoms with Crippen LogP contribution in [-0.2, 0) is 0 Å². The average Bonchev–Trinajstić information content (AvgIpc) is 3.76. The van der Waals surface area contributed by atoms with Gasteiger partial charge in [-0.2, -0.15) is 0 Å². The minimum absolute atomic E-state index is 1.13. The van der Waals surface area contributed by atoms with Crippen molar-refractivity contribution >= 4 is 60.6 Å². The van der Waals surface area contributed by atoms with E-state index in [0.29, 0.717) is 0 Å². The average molecular weight is 590 g/mol. The van der Waals surface area contributed by atoms with Crippen LogP contribution in [0.5, 0.6) is 0 Å². The maximum absolute atomic E-state index is 2.42. The van der Waals surface area contributed by atoms with Crippen molar-refractivity contribution in [3.05, 3.63) is 170 Å². The van der Waals surface area contributed by atoms with Gasteiger partial charge in [-0.05, 0) is 61.5 Å². The minimum atomic E-state index is 1.13. The lowest BCUT2D eigenvalue weighted by atomic mass is 10.1. The lowest BCUT2D eigenvalue weighted by Gasteiger charge is -2.13. The highest BCUT2D eigenvalue weighted by Crippen LogP contribution is 2.37. The third-order valence-electron chi connectivity index (χ3n) is 9.18. The van der Waals surface area contributed by atoms with Crippen LogP contribution in [0.2, 0.25) is 0 Å². The van der Waals surface area contributed by atoms with Crippen molar-refractivity contribution in [3.8, 4) is 17.1 Å². The molecule has 46 heavy (non-hydrogen) atoms. The molecule has 3 nitrogen and oxygen atoms in total. The Morgan fingerprint density at radius 3 is 1.54 bits per heavy atom. The molecule has 0 atom stereocenters. The molecule has 3 aromatic heterocycles. The molecule has 0 aliphatic heterocycles. The third kappa shape index (κ3) is 3.99. The highest BCUT2D eigenvalue weighted by molar-refractivity contribution is 6.11. The number of hydrogen-bond acceptors (Lipinski definition) is 0. The molecule has 218 valence electrons. The zero-order chi connectivity index (χ0) is 30.6. The summed E-state index contributed by atoms with van der Waals surface area (Å²) in [5, 5.41) is 6.26. The third-order valence-corrected chi connectivity index (χ3v) is 9.18. The van der Waals surface area contributed by atoms with Gasteiger partial charge in [-0.25, -0.2) is 0 Å². The Morgan fingerprint density at radius 1 is 0.413 bits per heavy atom. The predicted octanol–water partition coefficient (Wildman–Crippen LogP) is 11.4. The molecular weight excluding hydrogens is 558 g/mol. The number of rotatable bonds is 5. The van der Waals surface area contributed by atoms with Gasteiger partial charge in [0.25, 0.3) is 0 Å². The van der Waals surface area contributed by atoms with Crippen LogP contribution in [0.4, 0.5) is 0 Å². The summed E-state index contributed by atoms with van der Waals surface area (Å²) in [5.74, 6) is 0. The van der Waals surface area contributed by atoms with E-state index >= 15 is 0 Å². The van der Waals surface area contributed by atoms with Gasteiger partial charge in [-0.1, -0.05) is 109 Å². The van der Waals surface area contributed by atoms with E-state index in [2.05, 4.69) is 184 Å². The fourth-order valence-electron chi connectivity index (χ4n) is 7.18. The second-order valence-electron chi connectivity index (χ2n) is 11.8. The van der Waals surface area contributed by atoms with E-state index in [1.807, 2.05) is 6.92 Å². The Morgan fingerprint density at radius 2 is 0.935 bits per heavy atom. The summed E-state index contributed by atoms with van der Waals surface area (Å²) in [4.78, 5) is 0. The zero-order valence-electron chi connectivity index (χ0n) is 25.5. The molecule has 0 saturated heterocycles. The van der Waals surface area contributed by atoms with Crippen LogP contribution in [0.15, 0.2) is 164 Å². The SMILES string of the molecule is C/C=C\C=C/c1cn(-c2ccc3c4ccccc4n(-c4cccc(-n5c6ccccc6c6ccccc65)c4)c3c2)c2ccccc12. The molecule has 0 radical (unpaired) electrons. The Kier molecular flexibility index (Phi) is 6.04. The Bertz CT molecular complexity index is 2600. The molecule has 0 bridgehead atoms. The lowest BCUT2D eigenvalue weighted by molar-refractivity contribution is 1.11. The monoisotopic (exact) mass is 589 g/mol. The molecule has 0 unspecified atom stereocenters. The maximum atomic E-state index is 2.42. The van der Waals surface area contributed by atoms with E-state index in [0.717, 1.165) is 17.1 Å². The number of hydrogen-bond donors (Lipinski definition) is 0. The number of aromatic nitrogens is 3. The van der Waals surface area contributed by atoms with Crippen LogP contribution < -0.4 is 0 Å². The van der Waals surface area contributed by atoms with Crippen molar-refractivity contribution in [2.45, 2.75) is 6.92 Å². The van der Waals surface area contributed by atoms with Gasteiger partial charge >= 0.3 is 0 Å². The summed E-state index contributed by atoms with van der Waals surface area (Å²) >= 11 is 0. The topological polar surface area (TPSA) is 14.8 Å². The molecule has 0 saturated carbocycles. The summed E-state index contributed by atoms with van der Waals surface area (Å²) in [6.07, 6.45) is 10.7. The fourth-order valence-corrected chi connectivity index (χ4v) is 7.18. The first-order valence-corrected chi connectivity index (χ1v) is 15.8. The van der Waals surface area contributed by atoms with E-state index in [9.17, 15) is 0 Å². The van der Waals surface area contributed by atoms with Gasteiger partial charge in [0.05, 0.1) is 27.6 Å². The molecule has 9 aromatic rings. The minimum Gasteiger partial charge on any atom is -0.316 e. The Balaban J connectivity index is 1.28. The zero-order valence-corrected chi connectivity index (χ0v) is 25.5. The largest absolute Gasteiger partial charge is 0.316 e. The first-order valence-electron chi connectivity index (χ1n) is 15.8. The molecule has 0 fully saturated rings. The molecule has 0 aliphatic carbocycles. The van der Waals surface area contributed by atoms with Crippen molar-refractivity contribution in [1.82, 2.24) is 13.7 Å². The van der Waals surface area contributed by atoms with Gasteiger partial charge in [0, 0.05) is 55.8 Å². The summed E-state index contributed by atoms with van der Waals surface area (Å²) < 4.78 is 7.13. The van der Waals surface area contributed by atoms with Crippen LogP contribution >= 0.6 is 0 Å². The van der Waals surface area contributed by atoms with Crippen LogP contribution in [0.3, 0.4) is 0 Å². The van der Waals surface area contributed by atoms with Crippen molar-refractivity contribution in [2.75, 3.05) is 0 Å². The van der Waals surface area contributed by atoms with Crippen LogP contribution in [0.1, 0.15) is 12.5 Å². The van der Waals surface area contributed by atoms with Gasteiger partial charge in [0.2, 0.25) is 0 Å². The molecule has 0 spiro atoms. The second kappa shape index (κ2) is 10.5. The molecule has 3 heteroatoms. The summed E-state index contributed by atoms with van der Waals surface area (Å²) in [5.41, 5.74) is 10.6. The van der Waals surface area contributed by atoms with E-state index in [-0.39, 0.29) is 0 Å². The first-order chi connectivity index (χ1) is 22.8. The molecule has 6 aromatic carbocycles. The smallest absolute Gasteiger partial charge is 0.0561 e. The van der Waals surface area contributed by atoms with Gasteiger partial charge in [0.1, 0.15) is 0 Å². The van der Waals surface area contributed by atoms with Gasteiger partial charge < -0.3 is 13.7 Å². The predicted molar refractivity (Wildman–Crippen MR) is 196 cm³/mol. The van der Waals surface area contributed by atoms with Gasteiger partial charge in [-0.15, -0.1) is 0 Å². The molecule has 0 aliphatic rings.